The molecule has 0 amide bonds. The summed E-state index contributed by atoms with van der Waals surface area (Å²) in [5, 5.41) is 0. The molecule has 80 valence electrons. The van der Waals surface area contributed by atoms with E-state index < -0.39 is 20.8 Å². The fourth-order valence-electron chi connectivity index (χ4n) is 0. The molecule has 0 atom stereocenters. The van der Waals surface area contributed by atoms with E-state index in [9.17, 15) is 0 Å². The molecule has 0 unspecified atom stereocenters. The molecule has 0 aliphatic carbocycles. The summed E-state index contributed by atoms with van der Waals surface area (Å²) in [7, 11) is -9.33. The van der Waals surface area contributed by atoms with Crippen LogP contribution in [-0.2, 0) is 20.8 Å². The van der Waals surface area contributed by atoms with Crippen LogP contribution >= 0.6 is 0 Å². The zero-order chi connectivity index (χ0) is 9.00. The zero-order valence-corrected chi connectivity index (χ0v) is 5.87. The first-order valence-electron chi connectivity index (χ1n) is 1.40. The van der Waals surface area contributed by atoms with Crippen molar-refractivity contribution in [3.8, 4) is 0 Å². The summed E-state index contributed by atoms with van der Waals surface area (Å²) in [4.78, 5) is 0. The molecule has 8 nitrogen and oxygen atoms in total. The summed E-state index contributed by atoms with van der Waals surface area (Å²) in [6.07, 6.45) is 0. The van der Waals surface area contributed by atoms with E-state index in [0.717, 1.165) is 0 Å². The number of rotatable bonds is 0. The Morgan fingerprint density at radius 3 is 0.571 bits per heavy atom. The first kappa shape index (κ1) is 36.1. The normalized spacial score (nSPS) is 8.29. The molecule has 0 aliphatic heterocycles. The molecule has 14 heteroatoms. The topological polar surface area (TPSA) is 149 Å². The molecule has 0 radical (unpaired) electrons. The van der Waals surface area contributed by atoms with Gasteiger partial charge in [-0.1, -0.05) is 0 Å². The molecule has 0 aromatic heterocycles. The molecule has 4 N–H and O–H groups in total. The fraction of sp³-hybridized carbons (Fsp3) is 0. The Hall–Kier alpha value is 4.08. The van der Waals surface area contributed by atoms with Crippen molar-refractivity contribution in [3.63, 3.8) is 0 Å². The van der Waals surface area contributed by atoms with Crippen LogP contribution in [0.5, 0.6) is 0 Å². The van der Waals surface area contributed by atoms with Gasteiger partial charge in [-0.15, -0.1) is 0 Å². The van der Waals surface area contributed by atoms with Crippen molar-refractivity contribution in [1.82, 2.24) is 0 Å². The molecule has 0 rings (SSSR count). The first-order valence-corrected chi connectivity index (χ1v) is 4.19. The van der Waals surface area contributed by atoms with Crippen molar-refractivity contribution < 1.29 is 35.0 Å². The summed E-state index contributed by atoms with van der Waals surface area (Å²) in [5.74, 6) is 0. The number of hydrogen-bond donors (Lipinski definition) is 4. The van der Waals surface area contributed by atoms with E-state index in [1.165, 1.54) is 0 Å². The third-order valence-electron chi connectivity index (χ3n) is 0. The molecule has 0 spiro atoms. The van der Waals surface area contributed by atoms with E-state index in [0.29, 0.717) is 0 Å². The van der Waals surface area contributed by atoms with Crippen molar-refractivity contribution >= 4 is 158 Å². The van der Waals surface area contributed by atoms with Crippen LogP contribution in [0.1, 0.15) is 0 Å². The summed E-state index contributed by atoms with van der Waals surface area (Å²) in [6, 6.07) is 0. The molecule has 0 aromatic rings. The Labute approximate surface area is 188 Å². The molecule has 14 heavy (non-hydrogen) atoms. The third kappa shape index (κ3) is 220. The van der Waals surface area contributed by atoms with Gasteiger partial charge >= 0.3 is 124 Å². The Bertz CT molecular complexity index is 220. The van der Waals surface area contributed by atoms with Crippen LogP contribution in [0.4, 0.5) is 0 Å². The van der Waals surface area contributed by atoms with Crippen LogP contribution in [-0.4, -0.2) is 173 Å². The standard InChI is InChI=1S/2Al.2K.2H2O4S.8H/c;;;;2*1-5(2,3)4;;;;;;;;/h;;;;2*(H2,1,2,3,4);;;;;;;;. The van der Waals surface area contributed by atoms with E-state index in [1.807, 2.05) is 0 Å². The van der Waals surface area contributed by atoms with Crippen LogP contribution in [0, 0.1) is 0 Å². The van der Waals surface area contributed by atoms with Gasteiger partial charge in [0.1, 0.15) is 0 Å². The van der Waals surface area contributed by atoms with Crippen molar-refractivity contribution in [2.45, 2.75) is 0 Å². The Morgan fingerprint density at radius 1 is 0.571 bits per heavy atom. The van der Waals surface area contributed by atoms with Crippen molar-refractivity contribution in [3.05, 3.63) is 0 Å². The first-order chi connectivity index (χ1) is 4.00. The molecular formula is H12Al2K2O8S2. The molecular weight excluding hydrogens is 324 g/mol. The van der Waals surface area contributed by atoms with E-state index in [1.54, 1.807) is 0 Å². The van der Waals surface area contributed by atoms with Crippen LogP contribution in [0.15, 0.2) is 0 Å². The van der Waals surface area contributed by atoms with Gasteiger partial charge in [-0.3, -0.25) is 18.2 Å². The van der Waals surface area contributed by atoms with Gasteiger partial charge in [-0.05, 0) is 0 Å². The van der Waals surface area contributed by atoms with Gasteiger partial charge in [-0.25, -0.2) is 0 Å². The van der Waals surface area contributed by atoms with Gasteiger partial charge in [0.15, 0.2) is 34.7 Å². The average Bonchev–Trinajstić information content (AvgIpc) is 1.12. The number of hydrogen-bond acceptors (Lipinski definition) is 4. The minimum absolute atomic E-state index is 0. The molecule has 0 heterocycles. The van der Waals surface area contributed by atoms with Crippen LogP contribution in [0.3, 0.4) is 0 Å². The maximum atomic E-state index is 8.74. The summed E-state index contributed by atoms with van der Waals surface area (Å²) >= 11 is 0. The molecule has 0 saturated carbocycles. The summed E-state index contributed by atoms with van der Waals surface area (Å²) in [6.45, 7) is 0. The molecule has 0 aliphatic rings. The Kier molecular flexibility index (Phi) is 44.1. The molecule has 0 saturated heterocycles. The van der Waals surface area contributed by atoms with Crippen molar-refractivity contribution in [2.75, 3.05) is 0 Å². The second-order valence-electron chi connectivity index (χ2n) is 0.896. The second kappa shape index (κ2) is 17.1. The fourth-order valence-corrected chi connectivity index (χ4v) is 0. The predicted octanol–water partition coefficient (Wildman–Crippen LogP) is -4.97. The second-order valence-corrected chi connectivity index (χ2v) is 2.69. The average molecular weight is 336 g/mol. The van der Waals surface area contributed by atoms with E-state index >= 15 is 0 Å². The monoisotopic (exact) mass is 336 g/mol. The Morgan fingerprint density at radius 2 is 0.571 bits per heavy atom. The summed E-state index contributed by atoms with van der Waals surface area (Å²) < 4.78 is 63.2. The van der Waals surface area contributed by atoms with Gasteiger partial charge in [0.25, 0.3) is 0 Å². The van der Waals surface area contributed by atoms with Gasteiger partial charge in [0, 0.05) is 0 Å². The zero-order valence-electron chi connectivity index (χ0n) is 4.24. The molecule has 0 fully saturated rings. The SMILES string of the molecule is O=S(=O)(O)O.O=S(=O)(O)O.[AlH3].[AlH3].[KH].[KH]. The van der Waals surface area contributed by atoms with Crippen molar-refractivity contribution in [1.29, 1.82) is 0 Å². The van der Waals surface area contributed by atoms with E-state index in [-0.39, 0.29) is 137 Å². The predicted molar refractivity (Wildman–Crippen MR) is 62.5 cm³/mol. The van der Waals surface area contributed by atoms with Gasteiger partial charge in [-0.2, -0.15) is 16.8 Å². The van der Waals surface area contributed by atoms with Crippen LogP contribution in [0.2, 0.25) is 0 Å². The maximum absolute atomic E-state index is 8.74. The molecule has 0 bridgehead atoms. The Balaban J connectivity index is -0.0000000178. The van der Waals surface area contributed by atoms with E-state index in [2.05, 4.69) is 0 Å². The van der Waals surface area contributed by atoms with E-state index in [4.69, 9.17) is 35.0 Å². The third-order valence-corrected chi connectivity index (χ3v) is 0. The quantitative estimate of drug-likeness (QED) is 0.254. The molecule has 0 aromatic carbocycles. The van der Waals surface area contributed by atoms with Crippen LogP contribution in [0.25, 0.3) is 0 Å². The van der Waals surface area contributed by atoms with Crippen molar-refractivity contribution in [2.24, 2.45) is 0 Å². The summed E-state index contributed by atoms with van der Waals surface area (Å²) in [5.41, 5.74) is 0. The van der Waals surface area contributed by atoms with Crippen LogP contribution < -0.4 is 0 Å². The minimum atomic E-state index is -4.67. The van der Waals surface area contributed by atoms with Gasteiger partial charge in [0.05, 0.1) is 0 Å². The van der Waals surface area contributed by atoms with Gasteiger partial charge < -0.3 is 0 Å². The van der Waals surface area contributed by atoms with Gasteiger partial charge in [0.2, 0.25) is 0 Å².